The molecule has 1 aliphatic heterocycles. The van der Waals surface area contributed by atoms with Gasteiger partial charge in [0.1, 0.15) is 6.61 Å². The fourth-order valence-corrected chi connectivity index (χ4v) is 2.65. The lowest BCUT2D eigenvalue weighted by molar-refractivity contribution is 0.302. The molecule has 0 bridgehead atoms. The Morgan fingerprint density at radius 3 is 2.65 bits per heavy atom. The molecule has 0 radical (unpaired) electrons. The normalized spacial score (nSPS) is 25.2. The fourth-order valence-electron chi connectivity index (χ4n) is 2.65. The maximum absolute atomic E-state index is 5.52. The minimum absolute atomic E-state index is 0.274. The quantitative estimate of drug-likeness (QED) is 0.862. The number of hydrogen-bond donors (Lipinski definition) is 1. The van der Waals surface area contributed by atoms with Gasteiger partial charge in [-0.15, -0.1) is 0 Å². The molecule has 3 rings (SSSR count). The third-order valence-corrected chi connectivity index (χ3v) is 3.93. The minimum atomic E-state index is 0.274. The number of hydrogen-bond acceptors (Lipinski definition) is 3. The summed E-state index contributed by atoms with van der Waals surface area (Å²) in [7, 11) is 0. The first-order chi connectivity index (χ1) is 8.28. The average molecular weight is 230 g/mol. The van der Waals surface area contributed by atoms with Gasteiger partial charge in [0.15, 0.2) is 0 Å². The van der Waals surface area contributed by atoms with Crippen molar-refractivity contribution in [3.8, 4) is 0 Å². The van der Waals surface area contributed by atoms with Crippen molar-refractivity contribution in [1.29, 1.82) is 0 Å². The van der Waals surface area contributed by atoms with Crippen molar-refractivity contribution in [2.24, 2.45) is 10.7 Å². The smallest absolute Gasteiger partial charge is 0.282 e. The van der Waals surface area contributed by atoms with Crippen LogP contribution in [-0.2, 0) is 10.2 Å². The van der Waals surface area contributed by atoms with E-state index in [0.717, 1.165) is 6.42 Å². The summed E-state index contributed by atoms with van der Waals surface area (Å²) in [5, 5.41) is 0. The van der Waals surface area contributed by atoms with Gasteiger partial charge in [0.05, 0.1) is 6.04 Å². The summed E-state index contributed by atoms with van der Waals surface area (Å²) in [5.74, 6) is 0. The zero-order valence-corrected chi connectivity index (χ0v) is 9.93. The predicted octanol–water partition coefficient (Wildman–Crippen LogP) is 2.21. The Morgan fingerprint density at radius 1 is 1.29 bits per heavy atom. The van der Waals surface area contributed by atoms with Crippen molar-refractivity contribution in [3.63, 3.8) is 0 Å². The molecule has 1 fully saturated rings. The van der Waals surface area contributed by atoms with Gasteiger partial charge < -0.3 is 10.5 Å². The van der Waals surface area contributed by atoms with Gasteiger partial charge in [0.25, 0.3) is 6.02 Å². The zero-order chi connectivity index (χ0) is 11.7. The van der Waals surface area contributed by atoms with Crippen LogP contribution >= 0.6 is 0 Å². The molecule has 90 valence electrons. The van der Waals surface area contributed by atoms with E-state index in [0.29, 0.717) is 18.0 Å². The lowest BCUT2D eigenvalue weighted by Gasteiger charge is -2.16. The van der Waals surface area contributed by atoms with E-state index >= 15 is 0 Å². The van der Waals surface area contributed by atoms with Crippen LogP contribution < -0.4 is 5.73 Å². The molecule has 0 saturated heterocycles. The van der Waals surface area contributed by atoms with Crippen molar-refractivity contribution in [2.75, 3.05) is 6.61 Å². The monoisotopic (exact) mass is 230 g/mol. The molecule has 0 amide bonds. The second kappa shape index (κ2) is 4.06. The van der Waals surface area contributed by atoms with Crippen LogP contribution in [0, 0.1) is 0 Å². The molecule has 1 unspecified atom stereocenters. The number of aliphatic imine (C=N–C) groups is 1. The molecule has 1 aliphatic carbocycles. The SMILES string of the molecule is NC1=NC(CCC2(c3ccccc3)CC2)CO1. The van der Waals surface area contributed by atoms with E-state index < -0.39 is 0 Å². The third-order valence-electron chi connectivity index (χ3n) is 3.93. The number of nitrogens with two attached hydrogens (primary N) is 1. The predicted molar refractivity (Wildman–Crippen MR) is 68.0 cm³/mol. The van der Waals surface area contributed by atoms with Crippen molar-refractivity contribution >= 4 is 6.02 Å². The van der Waals surface area contributed by atoms with Crippen molar-refractivity contribution < 1.29 is 4.74 Å². The van der Waals surface area contributed by atoms with Gasteiger partial charge in [-0.25, -0.2) is 4.99 Å². The van der Waals surface area contributed by atoms with Gasteiger partial charge in [-0.1, -0.05) is 30.3 Å². The Kier molecular flexibility index (Phi) is 2.54. The van der Waals surface area contributed by atoms with E-state index in [2.05, 4.69) is 35.3 Å². The maximum atomic E-state index is 5.52. The number of ether oxygens (including phenoxy) is 1. The molecule has 1 saturated carbocycles. The van der Waals surface area contributed by atoms with Crippen molar-refractivity contribution in [2.45, 2.75) is 37.1 Å². The molecule has 1 heterocycles. The van der Waals surface area contributed by atoms with Gasteiger partial charge in [-0.05, 0) is 36.7 Å². The maximum Gasteiger partial charge on any atom is 0.282 e. The van der Waals surface area contributed by atoms with E-state index in [9.17, 15) is 0 Å². The van der Waals surface area contributed by atoms with E-state index in [1.807, 2.05) is 0 Å². The van der Waals surface area contributed by atoms with E-state index in [4.69, 9.17) is 10.5 Å². The second-order valence-electron chi connectivity index (χ2n) is 5.12. The summed E-state index contributed by atoms with van der Waals surface area (Å²) >= 11 is 0. The van der Waals surface area contributed by atoms with Crippen LogP contribution in [0.4, 0.5) is 0 Å². The van der Waals surface area contributed by atoms with Gasteiger partial charge in [-0.3, -0.25) is 0 Å². The van der Waals surface area contributed by atoms with Crippen molar-refractivity contribution in [1.82, 2.24) is 0 Å². The summed E-state index contributed by atoms with van der Waals surface area (Å²) in [5.41, 5.74) is 7.43. The second-order valence-corrected chi connectivity index (χ2v) is 5.12. The molecule has 0 spiro atoms. The Bertz CT molecular complexity index is 423. The lowest BCUT2D eigenvalue weighted by atomic mass is 9.89. The highest BCUT2D eigenvalue weighted by molar-refractivity contribution is 5.73. The first-order valence-corrected chi connectivity index (χ1v) is 6.30. The zero-order valence-electron chi connectivity index (χ0n) is 9.93. The molecule has 1 aromatic rings. The fraction of sp³-hybridized carbons (Fsp3) is 0.500. The van der Waals surface area contributed by atoms with Gasteiger partial charge in [0.2, 0.25) is 0 Å². The van der Waals surface area contributed by atoms with E-state index in [1.54, 1.807) is 0 Å². The molecule has 3 nitrogen and oxygen atoms in total. The summed E-state index contributed by atoms with van der Waals surface area (Å²) in [4.78, 5) is 4.29. The highest BCUT2D eigenvalue weighted by atomic mass is 16.5. The molecule has 0 aromatic heterocycles. The van der Waals surface area contributed by atoms with Crippen molar-refractivity contribution in [3.05, 3.63) is 35.9 Å². The Balaban J connectivity index is 1.62. The van der Waals surface area contributed by atoms with Crippen LogP contribution in [0.25, 0.3) is 0 Å². The summed E-state index contributed by atoms with van der Waals surface area (Å²) in [6, 6.07) is 11.5. The Hall–Kier alpha value is -1.51. The van der Waals surface area contributed by atoms with Gasteiger partial charge >= 0.3 is 0 Å². The Labute approximate surface area is 102 Å². The first kappa shape index (κ1) is 10.6. The van der Waals surface area contributed by atoms with Gasteiger partial charge in [0, 0.05) is 0 Å². The minimum Gasteiger partial charge on any atom is -0.463 e. The molecular formula is C14H18N2O. The van der Waals surface area contributed by atoms with Crippen LogP contribution in [0.2, 0.25) is 0 Å². The largest absolute Gasteiger partial charge is 0.463 e. The number of nitrogens with zero attached hydrogens (tertiary/aromatic N) is 1. The van der Waals surface area contributed by atoms with Crippen LogP contribution in [-0.4, -0.2) is 18.7 Å². The van der Waals surface area contributed by atoms with E-state index in [-0.39, 0.29) is 6.04 Å². The standard InChI is InChI=1S/C14H18N2O/c15-13-16-12(10-17-13)6-7-14(8-9-14)11-4-2-1-3-5-11/h1-5,12H,6-10H2,(H2,15,16). The number of rotatable bonds is 4. The lowest BCUT2D eigenvalue weighted by Crippen LogP contribution is -2.13. The van der Waals surface area contributed by atoms with Crippen LogP contribution in [0.5, 0.6) is 0 Å². The number of benzene rings is 1. The van der Waals surface area contributed by atoms with Crippen LogP contribution in [0.3, 0.4) is 0 Å². The summed E-state index contributed by atoms with van der Waals surface area (Å²) in [6.07, 6.45) is 4.89. The molecule has 1 atom stereocenters. The molecule has 2 aliphatic rings. The summed E-state index contributed by atoms with van der Waals surface area (Å²) < 4.78 is 5.18. The topological polar surface area (TPSA) is 47.6 Å². The molecule has 2 N–H and O–H groups in total. The summed E-state index contributed by atoms with van der Waals surface area (Å²) in [6.45, 7) is 0.663. The third kappa shape index (κ3) is 2.14. The van der Waals surface area contributed by atoms with Crippen LogP contribution in [0.15, 0.2) is 35.3 Å². The molecule has 17 heavy (non-hydrogen) atoms. The number of amidine groups is 1. The molecule has 1 aromatic carbocycles. The highest BCUT2D eigenvalue weighted by Gasteiger charge is 2.43. The first-order valence-electron chi connectivity index (χ1n) is 6.30. The Morgan fingerprint density at radius 2 is 2.06 bits per heavy atom. The van der Waals surface area contributed by atoms with Gasteiger partial charge in [-0.2, -0.15) is 0 Å². The highest BCUT2D eigenvalue weighted by Crippen LogP contribution is 2.52. The van der Waals surface area contributed by atoms with E-state index in [1.165, 1.54) is 24.8 Å². The molecule has 3 heteroatoms. The average Bonchev–Trinajstić information content (AvgIpc) is 3.05. The molecular weight excluding hydrogens is 212 g/mol. The van der Waals surface area contributed by atoms with Crippen LogP contribution in [0.1, 0.15) is 31.2 Å².